The molecule has 0 radical (unpaired) electrons. The van der Waals surface area contributed by atoms with Crippen LogP contribution in [-0.4, -0.2) is 82.6 Å². The third-order valence-corrected chi connectivity index (χ3v) is 7.69. The van der Waals surface area contributed by atoms with E-state index in [1.54, 1.807) is 4.90 Å². The zero-order valence-corrected chi connectivity index (χ0v) is 22.5. The van der Waals surface area contributed by atoms with E-state index in [2.05, 4.69) is 25.7 Å². The molecule has 9 heteroatoms. The predicted octanol–water partition coefficient (Wildman–Crippen LogP) is 3.21. The van der Waals surface area contributed by atoms with Gasteiger partial charge in [-0.3, -0.25) is 14.5 Å². The molecule has 3 N–H and O–H groups in total. The molecule has 3 rings (SSSR count). The largest absolute Gasteiger partial charge is 0.481 e. The van der Waals surface area contributed by atoms with Crippen molar-refractivity contribution in [1.82, 2.24) is 9.80 Å². The summed E-state index contributed by atoms with van der Waals surface area (Å²) in [4.78, 5) is 30.0. The van der Waals surface area contributed by atoms with Crippen LogP contribution in [0, 0.1) is 11.8 Å². The molecule has 0 aliphatic carbocycles. The SMILES string of the molecule is CCCCN(CCCO)C(=O)CN1C[C@H](c2cc(CO)c3c(c2)OCO3)[C@@H](C(=O)O)[C@@H]1CC(C)CCC. The number of ether oxygens (including phenoxy) is 2. The van der Waals surface area contributed by atoms with E-state index < -0.39 is 11.9 Å². The van der Waals surface area contributed by atoms with Crippen molar-refractivity contribution in [2.24, 2.45) is 11.8 Å². The lowest BCUT2D eigenvalue weighted by Crippen LogP contribution is -2.45. The molecule has 0 aromatic heterocycles. The fourth-order valence-corrected chi connectivity index (χ4v) is 5.83. The van der Waals surface area contributed by atoms with Crippen molar-refractivity contribution in [3.05, 3.63) is 23.3 Å². The van der Waals surface area contributed by atoms with E-state index >= 15 is 0 Å². The number of likely N-dealkylation sites (tertiary alicyclic amines) is 1. The maximum atomic E-state index is 13.4. The van der Waals surface area contributed by atoms with Gasteiger partial charge in [0.05, 0.1) is 19.1 Å². The minimum absolute atomic E-state index is 0.0250. The van der Waals surface area contributed by atoms with Gasteiger partial charge in [-0.1, -0.05) is 40.0 Å². The van der Waals surface area contributed by atoms with Crippen LogP contribution in [0.15, 0.2) is 12.1 Å². The highest BCUT2D eigenvalue weighted by atomic mass is 16.7. The topological polar surface area (TPSA) is 120 Å². The number of unbranched alkanes of at least 4 members (excludes halogenated alkanes) is 1. The van der Waals surface area contributed by atoms with E-state index in [1.165, 1.54) is 0 Å². The number of amides is 1. The second kappa shape index (κ2) is 14.0. The van der Waals surface area contributed by atoms with Gasteiger partial charge in [-0.2, -0.15) is 0 Å². The molecule has 2 aliphatic rings. The Morgan fingerprint density at radius 1 is 1.14 bits per heavy atom. The number of carboxylic acids is 1. The number of aliphatic carboxylic acids is 1. The number of benzene rings is 1. The van der Waals surface area contributed by atoms with Gasteiger partial charge < -0.3 is 29.7 Å². The molecule has 9 nitrogen and oxygen atoms in total. The molecular weight excluding hydrogens is 476 g/mol. The molecular formula is C28H44N2O7. The molecule has 1 fully saturated rings. The number of aliphatic hydroxyl groups is 2. The predicted molar refractivity (Wildman–Crippen MR) is 140 cm³/mol. The number of fused-ring (bicyclic) bond motifs is 1. The molecule has 2 heterocycles. The summed E-state index contributed by atoms with van der Waals surface area (Å²) in [5.41, 5.74) is 1.36. The average molecular weight is 521 g/mol. The van der Waals surface area contributed by atoms with Gasteiger partial charge in [0.1, 0.15) is 0 Å². The van der Waals surface area contributed by atoms with E-state index in [0.717, 1.165) is 31.2 Å². The van der Waals surface area contributed by atoms with Crippen molar-refractivity contribution in [1.29, 1.82) is 0 Å². The normalized spacial score (nSPS) is 21.8. The minimum atomic E-state index is -0.875. The van der Waals surface area contributed by atoms with Crippen LogP contribution < -0.4 is 9.47 Å². The average Bonchev–Trinajstić information content (AvgIpc) is 3.48. The first-order valence-electron chi connectivity index (χ1n) is 13.7. The summed E-state index contributed by atoms with van der Waals surface area (Å²) in [6.07, 6.45) is 5.07. The Kier molecular flexibility index (Phi) is 11.0. The van der Waals surface area contributed by atoms with Crippen molar-refractivity contribution < 1.29 is 34.4 Å². The van der Waals surface area contributed by atoms with Crippen LogP contribution >= 0.6 is 0 Å². The molecule has 1 aromatic rings. The Bertz CT molecular complexity index is 901. The van der Waals surface area contributed by atoms with Crippen molar-refractivity contribution in [3.63, 3.8) is 0 Å². The lowest BCUT2D eigenvalue weighted by molar-refractivity contribution is -0.144. The molecule has 1 unspecified atom stereocenters. The number of carboxylic acid groups (broad SMARTS) is 1. The first-order valence-corrected chi connectivity index (χ1v) is 13.7. The second-order valence-corrected chi connectivity index (χ2v) is 10.5. The fourth-order valence-electron chi connectivity index (χ4n) is 5.83. The fraction of sp³-hybridized carbons (Fsp3) is 0.714. The summed E-state index contributed by atoms with van der Waals surface area (Å²) in [5, 5.41) is 29.6. The van der Waals surface area contributed by atoms with Gasteiger partial charge in [-0.05, 0) is 42.9 Å². The Balaban J connectivity index is 1.92. The Labute approximate surface area is 220 Å². The van der Waals surface area contributed by atoms with E-state index in [9.17, 15) is 24.9 Å². The summed E-state index contributed by atoms with van der Waals surface area (Å²) in [6.45, 7) is 7.91. The third kappa shape index (κ3) is 7.15. The Hall–Kier alpha value is -2.36. The molecule has 1 amide bonds. The van der Waals surface area contributed by atoms with Crippen LogP contribution in [0.1, 0.15) is 76.3 Å². The lowest BCUT2D eigenvalue weighted by Gasteiger charge is -2.31. The first-order chi connectivity index (χ1) is 17.8. The van der Waals surface area contributed by atoms with Gasteiger partial charge in [0, 0.05) is 43.8 Å². The van der Waals surface area contributed by atoms with E-state index in [-0.39, 0.29) is 44.4 Å². The second-order valence-electron chi connectivity index (χ2n) is 10.5. The molecule has 0 spiro atoms. The highest BCUT2D eigenvalue weighted by Gasteiger charge is 2.48. The highest BCUT2D eigenvalue weighted by molar-refractivity contribution is 5.79. The lowest BCUT2D eigenvalue weighted by atomic mass is 9.81. The minimum Gasteiger partial charge on any atom is -0.481 e. The van der Waals surface area contributed by atoms with Gasteiger partial charge in [-0.15, -0.1) is 0 Å². The smallest absolute Gasteiger partial charge is 0.308 e. The van der Waals surface area contributed by atoms with Crippen molar-refractivity contribution in [3.8, 4) is 11.5 Å². The van der Waals surface area contributed by atoms with Crippen molar-refractivity contribution in [2.75, 3.05) is 39.6 Å². The maximum absolute atomic E-state index is 13.4. The number of nitrogens with zero attached hydrogens (tertiary/aromatic N) is 2. The molecule has 37 heavy (non-hydrogen) atoms. The summed E-state index contributed by atoms with van der Waals surface area (Å²) in [6, 6.07) is 3.36. The van der Waals surface area contributed by atoms with E-state index in [1.807, 2.05) is 12.1 Å². The zero-order valence-electron chi connectivity index (χ0n) is 22.5. The maximum Gasteiger partial charge on any atom is 0.308 e. The van der Waals surface area contributed by atoms with Gasteiger partial charge >= 0.3 is 5.97 Å². The number of carbonyl (C=O) groups is 2. The van der Waals surface area contributed by atoms with Crippen LogP contribution in [0.5, 0.6) is 11.5 Å². The third-order valence-electron chi connectivity index (χ3n) is 7.69. The van der Waals surface area contributed by atoms with Crippen LogP contribution in [0.3, 0.4) is 0 Å². The molecule has 0 bridgehead atoms. The Morgan fingerprint density at radius 2 is 1.89 bits per heavy atom. The van der Waals surface area contributed by atoms with Crippen molar-refractivity contribution in [2.45, 2.75) is 77.9 Å². The molecule has 1 saturated heterocycles. The van der Waals surface area contributed by atoms with Crippen LogP contribution in [0.2, 0.25) is 0 Å². The molecule has 1 aromatic carbocycles. The number of carbonyl (C=O) groups excluding carboxylic acids is 1. The van der Waals surface area contributed by atoms with Crippen LogP contribution in [0.4, 0.5) is 0 Å². The standard InChI is InChI=1S/C28H44N2O7/c1-4-6-9-29(10-7-11-31)25(33)16-30-15-22(26(28(34)35)23(30)12-19(3)8-5-2)20-13-21(17-32)27-24(14-20)36-18-37-27/h13-14,19,22-23,26,31-32H,4-12,15-18H2,1-3H3,(H,34,35)/t19?,22-,23+,26-/m1/s1. The van der Waals surface area contributed by atoms with Crippen LogP contribution in [0.25, 0.3) is 0 Å². The summed E-state index contributed by atoms with van der Waals surface area (Å²) in [7, 11) is 0. The van der Waals surface area contributed by atoms with Crippen LogP contribution in [-0.2, 0) is 16.2 Å². The molecule has 4 atom stereocenters. The zero-order chi connectivity index (χ0) is 26.9. The van der Waals surface area contributed by atoms with Gasteiger partial charge in [-0.25, -0.2) is 0 Å². The number of hydrogen-bond donors (Lipinski definition) is 3. The van der Waals surface area contributed by atoms with Gasteiger partial charge in [0.15, 0.2) is 11.5 Å². The van der Waals surface area contributed by atoms with E-state index in [4.69, 9.17) is 9.47 Å². The highest BCUT2D eigenvalue weighted by Crippen LogP contribution is 2.45. The summed E-state index contributed by atoms with van der Waals surface area (Å²) < 4.78 is 11.1. The summed E-state index contributed by atoms with van der Waals surface area (Å²) in [5.74, 6) is -0.603. The number of aliphatic hydroxyl groups excluding tert-OH is 2. The van der Waals surface area contributed by atoms with E-state index in [0.29, 0.717) is 55.5 Å². The summed E-state index contributed by atoms with van der Waals surface area (Å²) >= 11 is 0. The molecule has 2 aliphatic heterocycles. The quantitative estimate of drug-likeness (QED) is 0.323. The molecule has 0 saturated carbocycles. The number of hydrogen-bond acceptors (Lipinski definition) is 7. The molecule has 208 valence electrons. The van der Waals surface area contributed by atoms with Gasteiger partial charge in [0.25, 0.3) is 0 Å². The van der Waals surface area contributed by atoms with Crippen molar-refractivity contribution >= 4 is 11.9 Å². The first kappa shape index (κ1) is 29.2. The Morgan fingerprint density at radius 3 is 2.54 bits per heavy atom. The monoisotopic (exact) mass is 520 g/mol. The van der Waals surface area contributed by atoms with Gasteiger partial charge in [0.2, 0.25) is 12.7 Å². The number of rotatable bonds is 15.